The van der Waals surface area contributed by atoms with E-state index < -0.39 is 0 Å². The molecule has 0 atom stereocenters. The second-order valence-electron chi connectivity index (χ2n) is 6.72. The summed E-state index contributed by atoms with van der Waals surface area (Å²) in [5, 5.41) is 4.51. The molecule has 3 aromatic carbocycles. The summed E-state index contributed by atoms with van der Waals surface area (Å²) in [6.07, 6.45) is 4.26. The molecule has 0 spiro atoms. The predicted molar refractivity (Wildman–Crippen MR) is 131 cm³/mol. The van der Waals surface area contributed by atoms with E-state index >= 15 is 0 Å². The van der Waals surface area contributed by atoms with Crippen LogP contribution in [0, 0.1) is 0 Å². The van der Waals surface area contributed by atoms with Crippen LogP contribution in [0.4, 0.5) is 0 Å². The van der Waals surface area contributed by atoms with Crippen molar-refractivity contribution in [3.05, 3.63) is 102 Å². The maximum atomic E-state index is 2.29. The summed E-state index contributed by atoms with van der Waals surface area (Å²) >= 11 is 0. The summed E-state index contributed by atoms with van der Waals surface area (Å²) in [5.74, 6) is 0. The van der Waals surface area contributed by atoms with Gasteiger partial charge in [0.25, 0.3) is 0 Å². The first-order valence-electron chi connectivity index (χ1n) is 10.2. The molecule has 0 N–H and O–H groups in total. The Labute approximate surface area is 193 Å². The largest absolute Gasteiger partial charge is 0.108 e. The molecule has 154 valence electrons. The van der Waals surface area contributed by atoms with Crippen LogP contribution in [0.3, 0.4) is 0 Å². The number of hydrogen-bond donors (Lipinski definition) is 0. The molecule has 0 aromatic heterocycles. The Morgan fingerprint density at radius 2 is 0.897 bits per heavy atom. The van der Waals surface area contributed by atoms with Gasteiger partial charge >= 0.3 is 0 Å². The molecule has 29 heavy (non-hydrogen) atoms. The van der Waals surface area contributed by atoms with Gasteiger partial charge in [0.15, 0.2) is 0 Å². The van der Waals surface area contributed by atoms with Crippen molar-refractivity contribution in [1.29, 1.82) is 0 Å². The Balaban J connectivity index is 0.000000327. The average Bonchev–Trinajstić information content (AvgIpc) is 3.53. The van der Waals surface area contributed by atoms with E-state index in [1.165, 1.54) is 45.5 Å². The molecule has 1 heterocycles. The summed E-state index contributed by atoms with van der Waals surface area (Å²) in [7, 11) is 0.154. The Bertz CT molecular complexity index is 817. The molecule has 1 aliphatic rings. The van der Waals surface area contributed by atoms with E-state index in [9.17, 15) is 0 Å². The van der Waals surface area contributed by atoms with Crippen molar-refractivity contribution in [2.24, 2.45) is 0 Å². The third-order valence-corrected chi connectivity index (χ3v) is 10.2. The first kappa shape index (κ1) is 24.2. The van der Waals surface area contributed by atoms with E-state index in [-0.39, 0.29) is 28.3 Å². The zero-order chi connectivity index (χ0) is 19.8. The Morgan fingerprint density at radius 1 is 0.552 bits per heavy atom. The van der Waals surface area contributed by atoms with Gasteiger partial charge in [-0.3, -0.25) is 0 Å². The third kappa shape index (κ3) is 6.45. The topological polar surface area (TPSA) is 0 Å². The van der Waals surface area contributed by atoms with E-state index in [1.54, 1.807) is 0 Å². The molecule has 0 amide bonds. The van der Waals surface area contributed by atoms with Crippen molar-refractivity contribution >= 4 is 31.8 Å². The van der Waals surface area contributed by atoms with Crippen molar-refractivity contribution in [2.75, 3.05) is 18.5 Å². The smallest absolute Gasteiger partial charge is 0.00115 e. The third-order valence-electron chi connectivity index (χ3n) is 5.07. The van der Waals surface area contributed by atoms with Gasteiger partial charge in [-0.15, -0.1) is 7.92 Å². The van der Waals surface area contributed by atoms with E-state index in [2.05, 4.69) is 112 Å². The van der Waals surface area contributed by atoms with Gasteiger partial charge in [-0.25, -0.2) is 0 Å². The Kier molecular flexibility index (Phi) is 10.5. The van der Waals surface area contributed by atoms with Gasteiger partial charge in [0.2, 0.25) is 0 Å². The van der Waals surface area contributed by atoms with E-state index in [4.69, 9.17) is 0 Å². The molecule has 0 aliphatic carbocycles. The number of benzene rings is 3. The molecule has 0 nitrogen and oxygen atoms in total. The summed E-state index contributed by atoms with van der Waals surface area (Å²) < 4.78 is 0. The molecule has 4 rings (SSSR count). The molecule has 0 fully saturated rings. The second-order valence-corrected chi connectivity index (χ2v) is 12.0. The van der Waals surface area contributed by atoms with Crippen molar-refractivity contribution in [2.45, 2.75) is 20.8 Å². The number of hydrogen-bond acceptors (Lipinski definition) is 0. The minimum atomic E-state index is -0.292. The molecule has 0 bridgehead atoms. The Hall–Kier alpha value is -1.08. The van der Waals surface area contributed by atoms with Gasteiger partial charge in [-0.1, -0.05) is 112 Å². The van der Waals surface area contributed by atoms with Crippen LogP contribution in [-0.2, 0) is 20.4 Å². The van der Waals surface area contributed by atoms with Crippen molar-refractivity contribution in [3.8, 4) is 0 Å². The summed E-state index contributed by atoms with van der Waals surface area (Å²) in [6.45, 7) is 6.87. The zero-order valence-corrected chi connectivity index (χ0v) is 20.8. The molecular weight excluding hydrogens is 481 g/mol. The monoisotopic (exact) mass is 510 g/mol. The minimum absolute atomic E-state index is 0. The first-order valence-corrected chi connectivity index (χ1v) is 13.5. The van der Waals surface area contributed by atoms with Crippen molar-refractivity contribution in [1.82, 2.24) is 0 Å². The fourth-order valence-corrected chi connectivity index (χ4v) is 7.28. The molecule has 3 aromatic rings. The SMILES string of the molecule is CCP(CC)CC.[Pd].c1ccc(C2=C(c3ccccc3)P2c2ccccc2)cc1. The van der Waals surface area contributed by atoms with E-state index in [0.29, 0.717) is 7.92 Å². The van der Waals surface area contributed by atoms with Crippen LogP contribution in [0.5, 0.6) is 0 Å². The molecular formula is C26H30P2Pd. The van der Waals surface area contributed by atoms with Gasteiger partial charge < -0.3 is 0 Å². The van der Waals surface area contributed by atoms with Crippen LogP contribution in [0.2, 0.25) is 0 Å². The van der Waals surface area contributed by atoms with Gasteiger partial charge in [-0.05, 0) is 42.8 Å². The van der Waals surface area contributed by atoms with Crippen molar-refractivity contribution < 1.29 is 20.4 Å². The predicted octanol–water partition coefficient (Wildman–Crippen LogP) is 7.86. The summed E-state index contributed by atoms with van der Waals surface area (Å²) in [5.41, 5.74) is 2.73. The first-order chi connectivity index (χ1) is 13.8. The van der Waals surface area contributed by atoms with Gasteiger partial charge in [-0.2, -0.15) is 0 Å². The molecule has 0 saturated carbocycles. The zero-order valence-electron chi connectivity index (χ0n) is 17.5. The van der Waals surface area contributed by atoms with E-state index in [0.717, 1.165) is 0 Å². The normalized spacial score (nSPS) is 12.8. The average molecular weight is 511 g/mol. The molecule has 1 aliphatic heterocycles. The molecule has 0 unspecified atom stereocenters. The van der Waals surface area contributed by atoms with E-state index in [1.807, 2.05) is 0 Å². The van der Waals surface area contributed by atoms with Crippen LogP contribution in [0.15, 0.2) is 91.0 Å². The maximum Gasteiger partial charge on any atom is 0.00115 e. The van der Waals surface area contributed by atoms with Crippen LogP contribution < -0.4 is 5.30 Å². The molecule has 0 saturated heterocycles. The maximum absolute atomic E-state index is 2.29. The summed E-state index contributed by atoms with van der Waals surface area (Å²) in [4.78, 5) is 0. The Morgan fingerprint density at radius 3 is 1.21 bits per heavy atom. The van der Waals surface area contributed by atoms with Gasteiger partial charge in [0.05, 0.1) is 0 Å². The van der Waals surface area contributed by atoms with Crippen LogP contribution in [0.1, 0.15) is 31.9 Å². The van der Waals surface area contributed by atoms with Gasteiger partial charge in [0, 0.05) is 31.1 Å². The minimum Gasteiger partial charge on any atom is -0.108 e. The van der Waals surface area contributed by atoms with Crippen molar-refractivity contribution in [3.63, 3.8) is 0 Å². The van der Waals surface area contributed by atoms with Crippen LogP contribution in [-0.4, -0.2) is 18.5 Å². The quantitative estimate of drug-likeness (QED) is 0.234. The fourth-order valence-electron chi connectivity index (χ4n) is 3.39. The number of rotatable bonds is 6. The summed E-state index contributed by atoms with van der Waals surface area (Å²) in [6, 6.07) is 32.5. The molecule has 3 heteroatoms. The second kappa shape index (κ2) is 12.6. The standard InChI is InChI=1S/C20H15P.C6H15P.Pd/c1-4-10-16(11-5-1)19-20(17-12-6-2-7-13-17)21(19)18-14-8-3-9-15-18;1-4-7(5-2)6-3;/h1-15H;4-6H2,1-3H3;. The van der Waals surface area contributed by atoms with Gasteiger partial charge in [0.1, 0.15) is 0 Å². The molecule has 0 radical (unpaired) electrons. The van der Waals surface area contributed by atoms with Crippen LogP contribution in [0.25, 0.3) is 10.6 Å². The van der Waals surface area contributed by atoms with Crippen LogP contribution >= 0.6 is 15.8 Å². The fraction of sp³-hybridized carbons (Fsp3) is 0.231.